The molecule has 1 nitrogen and oxygen atoms in total. The monoisotopic (exact) mass is 655 g/mol. The van der Waals surface area contributed by atoms with Gasteiger partial charge in [0.15, 0.2) is 0 Å². The van der Waals surface area contributed by atoms with E-state index in [-0.39, 0.29) is 0 Å². The van der Waals surface area contributed by atoms with Crippen LogP contribution in [0.15, 0.2) is 176 Å². The van der Waals surface area contributed by atoms with Crippen molar-refractivity contribution in [3.63, 3.8) is 0 Å². The maximum atomic E-state index is 5.46. The third-order valence-electron chi connectivity index (χ3n) is 11.5. The van der Waals surface area contributed by atoms with Gasteiger partial charge in [-0.2, -0.15) is 0 Å². The summed E-state index contributed by atoms with van der Waals surface area (Å²) in [6.45, 7) is 0. The van der Waals surface area contributed by atoms with E-state index >= 15 is 0 Å². The Labute approximate surface area is 301 Å². The number of hydrogen-bond donors (Lipinski definition) is 0. The summed E-state index contributed by atoms with van der Waals surface area (Å²) in [6, 6.07) is 64.8. The quantitative estimate of drug-likeness (QED) is 0.173. The predicted molar refractivity (Wildman–Crippen MR) is 219 cm³/mol. The number of rotatable bonds is 3. The van der Waals surface area contributed by atoms with E-state index in [9.17, 15) is 0 Å². The van der Waals surface area contributed by atoms with Gasteiger partial charge >= 0.3 is 0 Å². The molecule has 1 aromatic heterocycles. The maximum absolute atomic E-state index is 5.46. The Morgan fingerprint density at radius 3 is 1.65 bits per heavy atom. The van der Waals surface area contributed by atoms with Crippen LogP contribution < -0.4 is 0 Å². The average molecular weight is 656 g/mol. The first kappa shape index (κ1) is 27.9. The van der Waals surface area contributed by atoms with Crippen molar-refractivity contribution in [1.82, 2.24) is 4.98 Å². The second-order valence-electron chi connectivity index (χ2n) is 14.2. The van der Waals surface area contributed by atoms with E-state index in [1.807, 2.05) is 0 Å². The van der Waals surface area contributed by atoms with Gasteiger partial charge < -0.3 is 0 Å². The van der Waals surface area contributed by atoms with Crippen molar-refractivity contribution in [3.8, 4) is 78.0 Å². The van der Waals surface area contributed by atoms with Crippen molar-refractivity contribution < 1.29 is 0 Å². The van der Waals surface area contributed by atoms with Crippen molar-refractivity contribution in [2.45, 2.75) is 0 Å². The molecular formula is C51H29N. The van der Waals surface area contributed by atoms with E-state index in [1.165, 1.54) is 104 Å². The molecule has 238 valence electrons. The normalized spacial score (nSPS) is 12.2. The third kappa shape index (κ3) is 3.75. The van der Waals surface area contributed by atoms with Gasteiger partial charge in [0, 0.05) is 10.9 Å². The summed E-state index contributed by atoms with van der Waals surface area (Å²) in [5.41, 5.74) is 18.5. The largest absolute Gasteiger partial charge is 0.248 e. The molecule has 1 heteroatoms. The van der Waals surface area contributed by atoms with E-state index in [0.29, 0.717) is 0 Å². The molecule has 2 aliphatic carbocycles. The summed E-state index contributed by atoms with van der Waals surface area (Å²) in [4.78, 5) is 5.46. The minimum atomic E-state index is 1.00. The van der Waals surface area contributed by atoms with Crippen LogP contribution in [0.1, 0.15) is 0 Å². The fraction of sp³-hybridized carbons (Fsp3) is 0. The molecule has 0 amide bonds. The summed E-state index contributed by atoms with van der Waals surface area (Å²) >= 11 is 0. The van der Waals surface area contributed by atoms with Crippen molar-refractivity contribution in [2.75, 3.05) is 0 Å². The molecule has 0 saturated carbocycles. The molecule has 2 aliphatic rings. The van der Waals surface area contributed by atoms with Gasteiger partial charge in [-0.15, -0.1) is 0 Å². The lowest BCUT2D eigenvalue weighted by Crippen LogP contribution is -1.92. The van der Waals surface area contributed by atoms with Gasteiger partial charge in [0.1, 0.15) is 0 Å². The molecule has 0 spiro atoms. The van der Waals surface area contributed by atoms with Crippen LogP contribution in [0, 0.1) is 0 Å². The number of hydrogen-bond acceptors (Lipinski definition) is 1. The predicted octanol–water partition coefficient (Wildman–Crippen LogP) is 14.0. The van der Waals surface area contributed by atoms with Crippen molar-refractivity contribution in [2.24, 2.45) is 0 Å². The molecule has 0 bridgehead atoms. The Morgan fingerprint density at radius 1 is 0.269 bits per heavy atom. The smallest absolute Gasteiger partial charge is 0.0722 e. The van der Waals surface area contributed by atoms with Crippen molar-refractivity contribution in [1.29, 1.82) is 0 Å². The number of pyridine rings is 1. The van der Waals surface area contributed by atoms with Crippen LogP contribution in [-0.4, -0.2) is 4.98 Å². The maximum Gasteiger partial charge on any atom is 0.0722 e. The first-order chi connectivity index (χ1) is 25.8. The molecule has 0 aliphatic heterocycles. The highest BCUT2D eigenvalue weighted by molar-refractivity contribution is 6.30. The van der Waals surface area contributed by atoms with Crippen LogP contribution >= 0.6 is 0 Å². The van der Waals surface area contributed by atoms with Gasteiger partial charge in [-0.3, -0.25) is 0 Å². The molecule has 0 radical (unpaired) electrons. The zero-order chi connectivity index (χ0) is 33.9. The van der Waals surface area contributed by atoms with Crippen LogP contribution in [-0.2, 0) is 0 Å². The lowest BCUT2D eigenvalue weighted by molar-refractivity contribution is 1.42. The Balaban J connectivity index is 1.22. The van der Waals surface area contributed by atoms with Gasteiger partial charge in [-0.05, 0) is 129 Å². The highest BCUT2D eigenvalue weighted by Crippen LogP contribution is 2.54. The van der Waals surface area contributed by atoms with E-state index in [1.54, 1.807) is 0 Å². The topological polar surface area (TPSA) is 12.9 Å². The van der Waals surface area contributed by atoms with E-state index < -0.39 is 0 Å². The van der Waals surface area contributed by atoms with Gasteiger partial charge in [-0.25, -0.2) is 4.98 Å². The first-order valence-electron chi connectivity index (χ1n) is 18.0. The fourth-order valence-corrected chi connectivity index (χ4v) is 9.27. The summed E-state index contributed by atoms with van der Waals surface area (Å²) in [6.07, 6.45) is 0. The van der Waals surface area contributed by atoms with Crippen LogP contribution in [0.5, 0.6) is 0 Å². The standard InChI is InChI=1S/C51H29N/c1-3-12-30(13-4-1)32-22-23-37-41(26-32)44(48-29-46-35-17-8-7-16-34(35)38-20-11-21-47(52-48)49(38)46)27-43-40-25-24-33(31-14-5-2-6-15-31)50-39-19-10-9-18-36(39)45(51(40)50)28-42(37)43/h1-29H. The fourth-order valence-electron chi connectivity index (χ4n) is 9.27. The first-order valence-corrected chi connectivity index (χ1v) is 18.0. The Kier molecular flexibility index (Phi) is 5.56. The van der Waals surface area contributed by atoms with Crippen LogP contribution in [0.4, 0.5) is 0 Å². The summed E-state index contributed by atoms with van der Waals surface area (Å²) in [5.74, 6) is 0. The molecule has 10 aromatic rings. The van der Waals surface area contributed by atoms with Crippen LogP contribution in [0.3, 0.4) is 0 Å². The minimum Gasteiger partial charge on any atom is -0.248 e. The molecule has 0 N–H and O–H groups in total. The summed E-state index contributed by atoms with van der Waals surface area (Å²) < 4.78 is 0. The van der Waals surface area contributed by atoms with Gasteiger partial charge in [0.25, 0.3) is 0 Å². The SMILES string of the molecule is c1ccc(-c2ccc3c(c2)c(-c2cc4c5c(cccc5n2)-c2ccccc2-4)cc2c4ccc(-c5ccccc5)c5c4c(cc32)-c2ccccc2-5)cc1. The summed E-state index contributed by atoms with van der Waals surface area (Å²) in [5, 5.41) is 8.87. The van der Waals surface area contributed by atoms with Crippen molar-refractivity contribution in [3.05, 3.63) is 176 Å². The molecule has 0 atom stereocenters. The van der Waals surface area contributed by atoms with E-state index in [4.69, 9.17) is 4.98 Å². The second-order valence-corrected chi connectivity index (χ2v) is 14.2. The lowest BCUT2D eigenvalue weighted by Gasteiger charge is -2.17. The molecule has 9 aromatic carbocycles. The highest BCUT2D eigenvalue weighted by atomic mass is 14.7. The lowest BCUT2D eigenvalue weighted by atomic mass is 9.87. The van der Waals surface area contributed by atoms with E-state index in [2.05, 4.69) is 176 Å². The second kappa shape index (κ2) is 10.4. The summed E-state index contributed by atoms with van der Waals surface area (Å²) in [7, 11) is 0. The molecule has 0 unspecified atom stereocenters. The minimum absolute atomic E-state index is 1.00. The van der Waals surface area contributed by atoms with Gasteiger partial charge in [0.05, 0.1) is 11.2 Å². The van der Waals surface area contributed by atoms with Gasteiger partial charge in [-0.1, -0.05) is 146 Å². The third-order valence-corrected chi connectivity index (χ3v) is 11.5. The number of benzene rings is 9. The highest BCUT2D eigenvalue weighted by Gasteiger charge is 2.28. The van der Waals surface area contributed by atoms with Gasteiger partial charge in [0.2, 0.25) is 0 Å². The molecule has 52 heavy (non-hydrogen) atoms. The molecule has 0 saturated heterocycles. The van der Waals surface area contributed by atoms with Crippen LogP contribution in [0.25, 0.3) is 121 Å². The number of aromatic nitrogens is 1. The molecule has 1 heterocycles. The molecular weight excluding hydrogens is 627 g/mol. The van der Waals surface area contributed by atoms with Crippen LogP contribution in [0.2, 0.25) is 0 Å². The van der Waals surface area contributed by atoms with Crippen molar-refractivity contribution >= 4 is 43.2 Å². The Hall–Kier alpha value is -6.83. The molecule has 12 rings (SSSR count). The average Bonchev–Trinajstić information content (AvgIpc) is 3.72. The number of fused-ring (bicyclic) bond motifs is 10. The Bertz CT molecular complexity index is 3150. The zero-order valence-corrected chi connectivity index (χ0v) is 28.2. The number of nitrogens with zero attached hydrogens (tertiary/aromatic N) is 1. The van der Waals surface area contributed by atoms with E-state index in [0.717, 1.165) is 16.8 Å². The molecule has 0 fully saturated rings. The zero-order valence-electron chi connectivity index (χ0n) is 28.2. The Morgan fingerprint density at radius 2 is 0.865 bits per heavy atom.